The minimum absolute atomic E-state index is 0.751. The second kappa shape index (κ2) is 10.6. The first-order valence-electron chi connectivity index (χ1n) is 10.1. The minimum atomic E-state index is 0.751. The van der Waals surface area contributed by atoms with E-state index in [1.54, 1.807) is 7.11 Å². The third kappa shape index (κ3) is 6.42. The van der Waals surface area contributed by atoms with Crippen LogP contribution >= 0.6 is 12.2 Å². The molecule has 1 saturated heterocycles. The molecule has 2 aromatic rings. The molecule has 0 aromatic heterocycles. The molecule has 1 fully saturated rings. The smallest absolute Gasteiger partial charge is 0.173 e. The molecule has 1 heterocycles. The highest BCUT2D eigenvalue weighted by molar-refractivity contribution is 7.80. The van der Waals surface area contributed by atoms with Crippen molar-refractivity contribution in [1.82, 2.24) is 9.80 Å². The van der Waals surface area contributed by atoms with Gasteiger partial charge in [0.25, 0.3) is 0 Å². The molecule has 0 amide bonds. The van der Waals surface area contributed by atoms with Gasteiger partial charge in [-0.1, -0.05) is 29.8 Å². The van der Waals surface area contributed by atoms with Gasteiger partial charge in [-0.3, -0.25) is 4.90 Å². The second-order valence-electron chi connectivity index (χ2n) is 7.47. The molecule has 0 unspecified atom stereocenters. The summed E-state index contributed by atoms with van der Waals surface area (Å²) in [6.07, 6.45) is 0. The number of hydrogen-bond donors (Lipinski definition) is 1. The zero-order valence-corrected chi connectivity index (χ0v) is 18.4. The van der Waals surface area contributed by atoms with Gasteiger partial charge in [0.2, 0.25) is 0 Å². The van der Waals surface area contributed by atoms with Crippen LogP contribution in [0.25, 0.3) is 0 Å². The summed E-state index contributed by atoms with van der Waals surface area (Å²) in [4.78, 5) is 4.68. The van der Waals surface area contributed by atoms with E-state index in [1.807, 2.05) is 12.1 Å². The van der Waals surface area contributed by atoms with E-state index in [2.05, 4.69) is 59.3 Å². The number of hydrogen-bond acceptors (Lipinski definition) is 4. The van der Waals surface area contributed by atoms with Crippen molar-refractivity contribution in [2.24, 2.45) is 0 Å². The van der Waals surface area contributed by atoms with Crippen LogP contribution in [-0.4, -0.2) is 61.4 Å². The molecule has 6 heteroatoms. The monoisotopic (exact) mass is 413 g/mol. The lowest BCUT2D eigenvalue weighted by Gasteiger charge is -2.31. The van der Waals surface area contributed by atoms with Gasteiger partial charge in [-0.2, -0.15) is 0 Å². The summed E-state index contributed by atoms with van der Waals surface area (Å²) in [6, 6.07) is 14.6. The van der Waals surface area contributed by atoms with Gasteiger partial charge in [0, 0.05) is 38.4 Å². The van der Waals surface area contributed by atoms with Crippen LogP contribution < -0.4 is 10.1 Å². The Morgan fingerprint density at radius 1 is 1.14 bits per heavy atom. The number of benzene rings is 2. The van der Waals surface area contributed by atoms with E-state index < -0.39 is 0 Å². The highest BCUT2D eigenvalue weighted by Gasteiger charge is 2.16. The largest absolute Gasteiger partial charge is 0.497 e. The lowest BCUT2D eigenvalue weighted by atomic mass is 10.1. The average Bonchev–Trinajstić information content (AvgIpc) is 2.74. The van der Waals surface area contributed by atoms with Crippen LogP contribution in [0.1, 0.15) is 16.7 Å². The Hall–Kier alpha value is -2.15. The third-order valence-corrected chi connectivity index (χ3v) is 5.59. The summed E-state index contributed by atoms with van der Waals surface area (Å²) in [7, 11) is 1.69. The van der Waals surface area contributed by atoms with Gasteiger partial charge in [-0.15, -0.1) is 0 Å². The maximum Gasteiger partial charge on any atom is 0.173 e. The number of nitrogens with one attached hydrogen (secondary N) is 1. The zero-order valence-electron chi connectivity index (χ0n) is 17.6. The number of morpholine rings is 1. The summed E-state index contributed by atoms with van der Waals surface area (Å²) in [5.74, 6) is 0.865. The Kier molecular flexibility index (Phi) is 7.86. The fourth-order valence-corrected chi connectivity index (χ4v) is 3.70. The lowest BCUT2D eigenvalue weighted by Crippen LogP contribution is -2.44. The van der Waals surface area contributed by atoms with Gasteiger partial charge in [0.15, 0.2) is 5.11 Å². The summed E-state index contributed by atoms with van der Waals surface area (Å²) >= 11 is 5.81. The minimum Gasteiger partial charge on any atom is -0.497 e. The highest BCUT2D eigenvalue weighted by atomic mass is 32.1. The van der Waals surface area contributed by atoms with Crippen LogP contribution in [0.3, 0.4) is 0 Å². The number of anilines is 1. The van der Waals surface area contributed by atoms with Crippen LogP contribution in [0.15, 0.2) is 42.5 Å². The number of thiocarbonyl (C=S) groups is 1. The summed E-state index contributed by atoms with van der Waals surface area (Å²) < 4.78 is 10.7. The Labute approximate surface area is 179 Å². The van der Waals surface area contributed by atoms with Gasteiger partial charge in [-0.05, 0) is 55.4 Å². The molecule has 5 nitrogen and oxygen atoms in total. The van der Waals surface area contributed by atoms with Crippen molar-refractivity contribution in [3.05, 3.63) is 59.2 Å². The maximum absolute atomic E-state index is 5.81. The van der Waals surface area contributed by atoms with Gasteiger partial charge >= 0.3 is 0 Å². The SMILES string of the molecule is COc1ccc(CN(CCN2CCOCC2)C(=S)Nc2ccc(C)cc2C)cc1. The second-order valence-corrected chi connectivity index (χ2v) is 7.86. The van der Waals surface area contributed by atoms with Crippen LogP contribution in [0.2, 0.25) is 0 Å². The topological polar surface area (TPSA) is 37.0 Å². The molecule has 0 aliphatic carbocycles. The quantitative estimate of drug-likeness (QED) is 0.695. The molecular formula is C23H31N3O2S. The van der Waals surface area contributed by atoms with Crippen molar-refractivity contribution in [3.8, 4) is 5.75 Å². The summed E-state index contributed by atoms with van der Waals surface area (Å²) in [5.41, 5.74) is 4.72. The maximum atomic E-state index is 5.81. The lowest BCUT2D eigenvalue weighted by molar-refractivity contribution is 0.0358. The first-order chi connectivity index (χ1) is 14.0. The fraction of sp³-hybridized carbons (Fsp3) is 0.435. The molecule has 29 heavy (non-hydrogen) atoms. The van der Waals surface area contributed by atoms with Crippen molar-refractivity contribution in [1.29, 1.82) is 0 Å². The molecular weight excluding hydrogens is 382 g/mol. The molecule has 1 N–H and O–H groups in total. The first kappa shape index (κ1) is 21.6. The number of nitrogens with zero attached hydrogens (tertiary/aromatic N) is 2. The van der Waals surface area contributed by atoms with Crippen LogP contribution in [0.5, 0.6) is 5.75 Å². The van der Waals surface area contributed by atoms with Crippen molar-refractivity contribution in [2.75, 3.05) is 51.8 Å². The van der Waals surface area contributed by atoms with Crippen molar-refractivity contribution >= 4 is 23.0 Å². The Bertz CT molecular complexity index is 804. The standard InChI is InChI=1S/C23H31N3O2S/c1-18-4-9-22(19(2)16-18)24-23(29)26(11-10-25-12-14-28-15-13-25)17-20-5-7-21(27-3)8-6-20/h4-9,16H,10-15,17H2,1-3H3,(H,24,29). The van der Waals surface area contributed by atoms with E-state index >= 15 is 0 Å². The first-order valence-corrected chi connectivity index (χ1v) is 10.5. The van der Waals surface area contributed by atoms with Crippen molar-refractivity contribution < 1.29 is 9.47 Å². The Balaban J connectivity index is 1.69. The predicted octanol–water partition coefficient (Wildman–Crippen LogP) is 3.84. The third-order valence-electron chi connectivity index (χ3n) is 5.23. The van der Waals surface area contributed by atoms with E-state index in [4.69, 9.17) is 21.7 Å². The van der Waals surface area contributed by atoms with E-state index in [1.165, 1.54) is 16.7 Å². The number of ether oxygens (including phenoxy) is 2. The molecule has 0 saturated carbocycles. The summed E-state index contributed by atoms with van der Waals surface area (Å²) in [5, 5.41) is 4.21. The molecule has 156 valence electrons. The van der Waals surface area contributed by atoms with E-state index in [-0.39, 0.29) is 0 Å². The molecule has 1 aliphatic rings. The fourth-order valence-electron chi connectivity index (χ4n) is 3.44. The number of methoxy groups -OCH3 is 1. The molecule has 0 atom stereocenters. The molecule has 2 aromatic carbocycles. The normalized spacial score (nSPS) is 14.4. The predicted molar refractivity (Wildman–Crippen MR) is 123 cm³/mol. The van der Waals surface area contributed by atoms with Crippen molar-refractivity contribution in [2.45, 2.75) is 20.4 Å². The zero-order chi connectivity index (χ0) is 20.6. The number of aryl methyl sites for hydroxylation is 2. The van der Waals surface area contributed by atoms with Gasteiger partial charge in [-0.25, -0.2) is 0 Å². The van der Waals surface area contributed by atoms with Gasteiger partial charge in [0.1, 0.15) is 5.75 Å². The number of rotatable bonds is 7. The van der Waals surface area contributed by atoms with Crippen LogP contribution in [0.4, 0.5) is 5.69 Å². The molecule has 3 rings (SSSR count). The van der Waals surface area contributed by atoms with Crippen LogP contribution in [0, 0.1) is 13.8 Å². The van der Waals surface area contributed by atoms with Crippen molar-refractivity contribution in [3.63, 3.8) is 0 Å². The Morgan fingerprint density at radius 3 is 2.52 bits per heavy atom. The molecule has 0 spiro atoms. The van der Waals surface area contributed by atoms with E-state index in [9.17, 15) is 0 Å². The van der Waals surface area contributed by atoms with Gasteiger partial charge < -0.3 is 19.7 Å². The molecule has 0 radical (unpaired) electrons. The Morgan fingerprint density at radius 2 is 1.86 bits per heavy atom. The molecule has 0 bridgehead atoms. The van der Waals surface area contributed by atoms with Crippen LogP contribution in [-0.2, 0) is 11.3 Å². The summed E-state index contributed by atoms with van der Waals surface area (Å²) in [6.45, 7) is 10.4. The highest BCUT2D eigenvalue weighted by Crippen LogP contribution is 2.18. The average molecular weight is 414 g/mol. The molecule has 1 aliphatic heterocycles. The van der Waals surface area contributed by atoms with E-state index in [0.29, 0.717) is 0 Å². The van der Waals surface area contributed by atoms with E-state index in [0.717, 1.165) is 62.5 Å². The van der Waals surface area contributed by atoms with Gasteiger partial charge in [0.05, 0.1) is 20.3 Å².